The number of halogens is 1. The van der Waals surface area contributed by atoms with Crippen molar-refractivity contribution < 1.29 is 9.12 Å². The zero-order chi connectivity index (χ0) is 8.43. The van der Waals surface area contributed by atoms with E-state index in [1.165, 1.54) is 0 Å². The van der Waals surface area contributed by atoms with E-state index in [2.05, 4.69) is 0 Å². The normalized spacial score (nSPS) is 10.1. The molecule has 0 aliphatic carbocycles. The molecule has 1 heterocycles. The van der Waals surface area contributed by atoms with Gasteiger partial charge < -0.3 is 5.21 Å². The summed E-state index contributed by atoms with van der Waals surface area (Å²) in [6.07, 6.45) is 0. The van der Waals surface area contributed by atoms with Crippen LogP contribution in [0.3, 0.4) is 0 Å². The molecule has 11 heavy (non-hydrogen) atoms. The lowest BCUT2D eigenvalue weighted by Gasteiger charge is -2.04. The number of rotatable bonds is 1. The molecule has 0 aliphatic rings. The van der Waals surface area contributed by atoms with Gasteiger partial charge in [0.15, 0.2) is 11.4 Å². The molecule has 0 aromatic carbocycles. The maximum Gasteiger partial charge on any atom is 0.190 e. The second kappa shape index (κ2) is 2.86. The standard InChI is InChI=1S/C8H10FNO/c1-6-3-8(5-9)4-7(2)10(6)11/h3-4H,5H2,1-2H3. The fourth-order valence-corrected chi connectivity index (χ4v) is 1.05. The molecule has 0 saturated carbocycles. The zero-order valence-corrected chi connectivity index (χ0v) is 6.60. The Balaban J connectivity index is 3.21. The molecule has 0 radical (unpaired) electrons. The molecule has 3 heteroatoms. The Morgan fingerprint density at radius 2 is 1.82 bits per heavy atom. The molecule has 0 unspecified atom stereocenters. The highest BCUT2D eigenvalue weighted by Crippen LogP contribution is 2.03. The summed E-state index contributed by atoms with van der Waals surface area (Å²) >= 11 is 0. The minimum atomic E-state index is -0.511. The molecule has 0 amide bonds. The molecule has 1 rings (SSSR count). The molecular formula is C8H10FNO. The highest BCUT2D eigenvalue weighted by molar-refractivity contribution is 5.14. The molecule has 60 valence electrons. The van der Waals surface area contributed by atoms with Crippen molar-refractivity contribution in [2.24, 2.45) is 0 Å². The fraction of sp³-hybridized carbons (Fsp3) is 0.375. The fourth-order valence-electron chi connectivity index (χ4n) is 1.05. The van der Waals surface area contributed by atoms with Crippen LogP contribution in [0.25, 0.3) is 0 Å². The first-order chi connectivity index (χ1) is 5.15. The van der Waals surface area contributed by atoms with E-state index >= 15 is 0 Å². The van der Waals surface area contributed by atoms with E-state index in [1.807, 2.05) is 0 Å². The summed E-state index contributed by atoms with van der Waals surface area (Å²) in [6.45, 7) is 2.82. The van der Waals surface area contributed by atoms with Gasteiger partial charge in [-0.1, -0.05) is 0 Å². The van der Waals surface area contributed by atoms with Gasteiger partial charge >= 0.3 is 0 Å². The van der Waals surface area contributed by atoms with Gasteiger partial charge in [0.1, 0.15) is 6.67 Å². The monoisotopic (exact) mass is 155 g/mol. The van der Waals surface area contributed by atoms with E-state index in [-0.39, 0.29) is 0 Å². The second-order valence-electron chi connectivity index (χ2n) is 2.57. The molecular weight excluding hydrogens is 145 g/mol. The SMILES string of the molecule is Cc1cc(CF)cc(C)[n+]1[O-]. The lowest BCUT2D eigenvalue weighted by molar-refractivity contribution is -0.619. The zero-order valence-electron chi connectivity index (χ0n) is 6.60. The summed E-state index contributed by atoms with van der Waals surface area (Å²) in [6, 6.07) is 3.11. The lowest BCUT2D eigenvalue weighted by Crippen LogP contribution is -2.33. The molecule has 1 aromatic rings. The van der Waals surface area contributed by atoms with Gasteiger partial charge in [-0.25, -0.2) is 4.39 Å². The third-order valence-electron chi connectivity index (χ3n) is 1.58. The van der Waals surface area contributed by atoms with Crippen molar-refractivity contribution in [2.75, 3.05) is 0 Å². The van der Waals surface area contributed by atoms with Crippen molar-refractivity contribution in [2.45, 2.75) is 20.5 Å². The molecule has 0 atom stereocenters. The summed E-state index contributed by atoms with van der Waals surface area (Å²) in [5.74, 6) is 0. The van der Waals surface area contributed by atoms with Gasteiger partial charge in [-0.2, -0.15) is 4.73 Å². The van der Waals surface area contributed by atoms with E-state index in [1.54, 1.807) is 26.0 Å². The summed E-state index contributed by atoms with van der Waals surface area (Å²) in [5, 5.41) is 11.0. The topological polar surface area (TPSA) is 26.9 Å². The van der Waals surface area contributed by atoms with E-state index in [4.69, 9.17) is 0 Å². The first kappa shape index (κ1) is 7.98. The number of aromatic nitrogens is 1. The van der Waals surface area contributed by atoms with Crippen LogP contribution in [0.1, 0.15) is 17.0 Å². The van der Waals surface area contributed by atoms with Gasteiger partial charge in [0.2, 0.25) is 0 Å². The number of hydrogen-bond acceptors (Lipinski definition) is 1. The number of aryl methyl sites for hydroxylation is 2. The average Bonchev–Trinajstić information content (AvgIpc) is 1.99. The van der Waals surface area contributed by atoms with Crippen molar-refractivity contribution in [1.29, 1.82) is 0 Å². The summed E-state index contributed by atoms with van der Waals surface area (Å²) in [4.78, 5) is 0. The molecule has 0 N–H and O–H groups in total. The third-order valence-corrected chi connectivity index (χ3v) is 1.58. The third kappa shape index (κ3) is 1.48. The van der Waals surface area contributed by atoms with Gasteiger partial charge in [-0.05, 0) is 5.56 Å². The van der Waals surface area contributed by atoms with Crippen molar-refractivity contribution in [3.8, 4) is 0 Å². The van der Waals surface area contributed by atoms with Crippen LogP contribution < -0.4 is 4.73 Å². The Morgan fingerprint density at radius 1 is 1.36 bits per heavy atom. The average molecular weight is 155 g/mol. The van der Waals surface area contributed by atoms with E-state index in [0.29, 0.717) is 17.0 Å². The van der Waals surface area contributed by atoms with Crippen molar-refractivity contribution in [1.82, 2.24) is 0 Å². The number of pyridine rings is 1. The largest absolute Gasteiger partial charge is 0.618 e. The second-order valence-corrected chi connectivity index (χ2v) is 2.57. The van der Waals surface area contributed by atoms with Crippen LogP contribution >= 0.6 is 0 Å². The molecule has 1 aromatic heterocycles. The summed E-state index contributed by atoms with van der Waals surface area (Å²) < 4.78 is 12.9. The van der Waals surface area contributed by atoms with Crippen molar-refractivity contribution in [3.63, 3.8) is 0 Å². The smallest absolute Gasteiger partial charge is 0.190 e. The Morgan fingerprint density at radius 3 is 2.18 bits per heavy atom. The highest BCUT2D eigenvalue weighted by atomic mass is 19.1. The molecule has 0 spiro atoms. The van der Waals surface area contributed by atoms with Crippen LogP contribution in [0.4, 0.5) is 4.39 Å². The van der Waals surface area contributed by atoms with Crippen molar-refractivity contribution in [3.05, 3.63) is 34.3 Å². The highest BCUT2D eigenvalue weighted by Gasteiger charge is 2.05. The van der Waals surface area contributed by atoms with E-state index < -0.39 is 6.67 Å². The Hall–Kier alpha value is -1.12. The number of hydrogen-bond donors (Lipinski definition) is 0. The summed E-state index contributed by atoms with van der Waals surface area (Å²) in [7, 11) is 0. The first-order valence-electron chi connectivity index (χ1n) is 3.41. The van der Waals surface area contributed by atoms with Crippen LogP contribution in [-0.4, -0.2) is 0 Å². The summed E-state index contributed by atoms with van der Waals surface area (Å²) in [5.41, 5.74) is 1.64. The Kier molecular flexibility index (Phi) is 2.08. The molecule has 0 fully saturated rings. The van der Waals surface area contributed by atoms with Crippen molar-refractivity contribution >= 4 is 0 Å². The minimum Gasteiger partial charge on any atom is -0.618 e. The van der Waals surface area contributed by atoms with E-state index in [9.17, 15) is 9.60 Å². The predicted molar refractivity (Wildman–Crippen MR) is 39.7 cm³/mol. The maximum atomic E-state index is 12.1. The molecule has 2 nitrogen and oxygen atoms in total. The van der Waals surface area contributed by atoms with Gasteiger partial charge in [0, 0.05) is 26.0 Å². The minimum absolute atomic E-state index is 0.511. The maximum absolute atomic E-state index is 12.1. The van der Waals surface area contributed by atoms with E-state index in [0.717, 1.165) is 4.73 Å². The van der Waals surface area contributed by atoms with Crippen LogP contribution in [0, 0.1) is 19.1 Å². The van der Waals surface area contributed by atoms with Crippen LogP contribution in [0.2, 0.25) is 0 Å². The quantitative estimate of drug-likeness (QED) is 0.445. The molecule has 0 saturated heterocycles. The molecule has 0 bridgehead atoms. The Labute approximate surface area is 64.9 Å². The Bertz CT molecular complexity index is 250. The molecule has 0 aliphatic heterocycles. The van der Waals surface area contributed by atoms with Crippen LogP contribution in [0.5, 0.6) is 0 Å². The van der Waals surface area contributed by atoms with Crippen LogP contribution in [0.15, 0.2) is 12.1 Å². The van der Waals surface area contributed by atoms with Crippen LogP contribution in [-0.2, 0) is 6.67 Å². The van der Waals surface area contributed by atoms with Gasteiger partial charge in [0.25, 0.3) is 0 Å². The predicted octanol–water partition coefficient (Wildman–Crippen LogP) is 1.41. The van der Waals surface area contributed by atoms with Gasteiger partial charge in [0.05, 0.1) is 0 Å². The lowest BCUT2D eigenvalue weighted by atomic mass is 10.2. The first-order valence-corrected chi connectivity index (χ1v) is 3.41. The number of alkyl halides is 1. The van der Waals surface area contributed by atoms with Gasteiger partial charge in [-0.3, -0.25) is 0 Å². The number of nitrogens with zero attached hydrogens (tertiary/aromatic N) is 1. The van der Waals surface area contributed by atoms with Gasteiger partial charge in [-0.15, -0.1) is 0 Å².